The monoisotopic (exact) mass is 190 g/mol. The van der Waals surface area contributed by atoms with E-state index in [9.17, 15) is 0 Å². The molecule has 0 radical (unpaired) electrons. The Morgan fingerprint density at radius 1 is 1.33 bits per heavy atom. The minimum atomic E-state index is 0.590. The van der Waals surface area contributed by atoms with E-state index in [0.717, 1.165) is 19.6 Å². The van der Waals surface area contributed by atoms with Crippen LogP contribution in [0.3, 0.4) is 0 Å². The molecule has 12 heavy (non-hydrogen) atoms. The normalized spacial score (nSPS) is 13.8. The summed E-state index contributed by atoms with van der Waals surface area (Å²) in [6, 6.07) is 0.590. The van der Waals surface area contributed by atoms with E-state index in [4.69, 9.17) is 5.73 Å². The van der Waals surface area contributed by atoms with Crippen molar-refractivity contribution in [1.29, 1.82) is 0 Å². The maximum Gasteiger partial charge on any atom is 0.0226 e. The molecule has 0 spiro atoms. The Morgan fingerprint density at radius 3 is 2.25 bits per heavy atom. The van der Waals surface area contributed by atoms with Gasteiger partial charge in [0.25, 0.3) is 0 Å². The third-order valence-corrected chi connectivity index (χ3v) is 2.90. The van der Waals surface area contributed by atoms with Gasteiger partial charge in [-0.1, -0.05) is 13.8 Å². The van der Waals surface area contributed by atoms with Crippen LogP contribution in [0.25, 0.3) is 0 Å². The molecule has 0 heterocycles. The molecule has 0 fully saturated rings. The molecule has 0 aromatic rings. The molecule has 0 aromatic carbocycles. The molecule has 1 atom stereocenters. The highest BCUT2D eigenvalue weighted by molar-refractivity contribution is 7.98. The molecule has 0 aliphatic rings. The third kappa shape index (κ3) is 4.33. The number of nitrogens with two attached hydrogens (primary N) is 1. The van der Waals surface area contributed by atoms with Gasteiger partial charge < -0.3 is 5.73 Å². The van der Waals surface area contributed by atoms with E-state index in [0.29, 0.717) is 6.04 Å². The predicted molar refractivity (Wildman–Crippen MR) is 58.8 cm³/mol. The van der Waals surface area contributed by atoms with Crippen LogP contribution in [0.1, 0.15) is 20.3 Å². The summed E-state index contributed by atoms with van der Waals surface area (Å²) < 4.78 is 0. The van der Waals surface area contributed by atoms with Gasteiger partial charge in [0.1, 0.15) is 0 Å². The zero-order valence-corrected chi connectivity index (χ0v) is 9.36. The van der Waals surface area contributed by atoms with Gasteiger partial charge >= 0.3 is 0 Å². The summed E-state index contributed by atoms with van der Waals surface area (Å²) in [7, 11) is 0. The van der Waals surface area contributed by atoms with E-state index in [1.807, 2.05) is 11.8 Å². The molecule has 0 amide bonds. The average molecular weight is 190 g/mol. The molecule has 0 aromatic heterocycles. The van der Waals surface area contributed by atoms with Crippen LogP contribution in [0.4, 0.5) is 0 Å². The van der Waals surface area contributed by atoms with Crippen molar-refractivity contribution in [3.63, 3.8) is 0 Å². The minimum Gasteiger partial charge on any atom is -0.329 e. The van der Waals surface area contributed by atoms with Crippen LogP contribution in [0.15, 0.2) is 0 Å². The van der Waals surface area contributed by atoms with E-state index in [1.54, 1.807) is 0 Å². The van der Waals surface area contributed by atoms with Crippen molar-refractivity contribution in [2.24, 2.45) is 5.73 Å². The van der Waals surface area contributed by atoms with E-state index in [1.165, 1.54) is 12.2 Å². The summed E-state index contributed by atoms with van der Waals surface area (Å²) in [5.41, 5.74) is 5.71. The van der Waals surface area contributed by atoms with E-state index < -0.39 is 0 Å². The number of hydrogen-bond acceptors (Lipinski definition) is 3. The Bertz CT molecular complexity index is 94.5. The summed E-state index contributed by atoms with van der Waals surface area (Å²) in [6.45, 7) is 7.43. The van der Waals surface area contributed by atoms with Crippen LogP contribution >= 0.6 is 11.8 Å². The van der Waals surface area contributed by atoms with Crippen molar-refractivity contribution >= 4 is 11.8 Å². The maximum atomic E-state index is 5.71. The van der Waals surface area contributed by atoms with Crippen molar-refractivity contribution in [3.05, 3.63) is 0 Å². The molecule has 0 saturated carbocycles. The highest BCUT2D eigenvalue weighted by Gasteiger charge is 2.12. The second-order valence-electron chi connectivity index (χ2n) is 2.89. The third-order valence-electron chi connectivity index (χ3n) is 2.26. The first-order valence-corrected chi connectivity index (χ1v) is 6.12. The molecular formula is C9H22N2S. The molecular weight excluding hydrogens is 168 g/mol. The van der Waals surface area contributed by atoms with Crippen molar-refractivity contribution in [1.82, 2.24) is 4.90 Å². The summed E-state index contributed by atoms with van der Waals surface area (Å²) >= 11 is 1.90. The summed E-state index contributed by atoms with van der Waals surface area (Å²) in [5.74, 6) is 1.22. The molecule has 0 saturated heterocycles. The Morgan fingerprint density at radius 2 is 1.92 bits per heavy atom. The van der Waals surface area contributed by atoms with Gasteiger partial charge in [-0.3, -0.25) is 4.90 Å². The molecule has 0 aliphatic heterocycles. The first-order chi connectivity index (χ1) is 5.79. The number of hydrogen-bond donors (Lipinski definition) is 1. The van der Waals surface area contributed by atoms with Crippen molar-refractivity contribution in [2.45, 2.75) is 26.3 Å². The van der Waals surface area contributed by atoms with E-state index in [2.05, 4.69) is 25.0 Å². The fraction of sp³-hybridized carbons (Fsp3) is 1.00. The lowest BCUT2D eigenvalue weighted by Gasteiger charge is -2.28. The zero-order chi connectivity index (χ0) is 9.40. The quantitative estimate of drug-likeness (QED) is 0.658. The van der Waals surface area contributed by atoms with Gasteiger partial charge in [-0.05, 0) is 31.5 Å². The standard InChI is InChI=1S/C9H22N2S/c1-4-11(5-2)9(8-10)6-7-12-3/h9H,4-8,10H2,1-3H3. The van der Waals surface area contributed by atoms with E-state index >= 15 is 0 Å². The number of likely N-dealkylation sites (N-methyl/N-ethyl adjacent to an activating group) is 1. The van der Waals surface area contributed by atoms with Gasteiger partial charge in [0.15, 0.2) is 0 Å². The number of nitrogens with zero attached hydrogens (tertiary/aromatic N) is 1. The van der Waals surface area contributed by atoms with Crippen molar-refractivity contribution in [2.75, 3.05) is 31.6 Å². The van der Waals surface area contributed by atoms with Crippen LogP contribution in [0, 0.1) is 0 Å². The molecule has 74 valence electrons. The van der Waals surface area contributed by atoms with Crippen molar-refractivity contribution in [3.8, 4) is 0 Å². The molecule has 3 heteroatoms. The fourth-order valence-electron chi connectivity index (χ4n) is 1.44. The van der Waals surface area contributed by atoms with Gasteiger partial charge in [0.2, 0.25) is 0 Å². The van der Waals surface area contributed by atoms with Gasteiger partial charge in [-0.25, -0.2) is 0 Å². The van der Waals surface area contributed by atoms with Crippen LogP contribution in [-0.2, 0) is 0 Å². The molecule has 2 nitrogen and oxygen atoms in total. The lowest BCUT2D eigenvalue weighted by atomic mass is 10.2. The van der Waals surface area contributed by atoms with Gasteiger partial charge in [-0.2, -0.15) is 11.8 Å². The Labute approximate surface area is 80.9 Å². The molecule has 2 N–H and O–H groups in total. The number of thioether (sulfide) groups is 1. The molecule has 0 bridgehead atoms. The van der Waals surface area contributed by atoms with Crippen LogP contribution in [-0.4, -0.2) is 42.6 Å². The topological polar surface area (TPSA) is 29.3 Å². The average Bonchev–Trinajstić information content (AvgIpc) is 2.12. The second-order valence-corrected chi connectivity index (χ2v) is 3.88. The minimum absolute atomic E-state index is 0.590. The van der Waals surface area contributed by atoms with E-state index in [-0.39, 0.29) is 0 Å². The maximum absolute atomic E-state index is 5.71. The Kier molecular flexibility index (Phi) is 8.07. The Balaban J connectivity index is 3.75. The molecule has 1 unspecified atom stereocenters. The predicted octanol–water partition coefficient (Wildman–Crippen LogP) is 1.41. The smallest absolute Gasteiger partial charge is 0.0226 e. The fourth-order valence-corrected chi connectivity index (χ4v) is 1.95. The molecule has 0 aliphatic carbocycles. The molecule has 0 rings (SSSR count). The lowest BCUT2D eigenvalue weighted by molar-refractivity contribution is 0.217. The van der Waals surface area contributed by atoms with Crippen LogP contribution in [0.2, 0.25) is 0 Å². The first-order valence-electron chi connectivity index (χ1n) is 4.73. The van der Waals surface area contributed by atoms with Gasteiger partial charge in [0.05, 0.1) is 0 Å². The Hall–Kier alpha value is 0.270. The van der Waals surface area contributed by atoms with Gasteiger partial charge in [-0.15, -0.1) is 0 Å². The second kappa shape index (κ2) is 7.90. The first kappa shape index (κ1) is 12.3. The van der Waals surface area contributed by atoms with Crippen LogP contribution in [0.5, 0.6) is 0 Å². The largest absolute Gasteiger partial charge is 0.329 e. The number of rotatable bonds is 7. The summed E-state index contributed by atoms with van der Waals surface area (Å²) in [5, 5.41) is 0. The lowest BCUT2D eigenvalue weighted by Crippen LogP contribution is -2.40. The highest BCUT2D eigenvalue weighted by Crippen LogP contribution is 2.06. The summed E-state index contributed by atoms with van der Waals surface area (Å²) in [6.07, 6.45) is 3.37. The van der Waals surface area contributed by atoms with Crippen LogP contribution < -0.4 is 5.73 Å². The summed E-state index contributed by atoms with van der Waals surface area (Å²) in [4.78, 5) is 2.44. The van der Waals surface area contributed by atoms with Gasteiger partial charge in [0, 0.05) is 12.6 Å². The SMILES string of the molecule is CCN(CC)C(CN)CCSC. The van der Waals surface area contributed by atoms with Crippen molar-refractivity contribution < 1.29 is 0 Å². The zero-order valence-electron chi connectivity index (χ0n) is 8.55. The highest BCUT2D eigenvalue weighted by atomic mass is 32.2.